The highest BCUT2D eigenvalue weighted by Gasteiger charge is 2.26. The predicted octanol–water partition coefficient (Wildman–Crippen LogP) is 0.690. The van der Waals surface area contributed by atoms with Crippen molar-refractivity contribution in [2.75, 3.05) is 13.1 Å². The van der Waals surface area contributed by atoms with Crippen LogP contribution in [0.2, 0.25) is 0 Å². The minimum Gasteiger partial charge on any atom is -0.330 e. The van der Waals surface area contributed by atoms with Gasteiger partial charge < -0.3 is 5.73 Å². The molecule has 0 amide bonds. The molecule has 0 saturated carbocycles. The summed E-state index contributed by atoms with van der Waals surface area (Å²) in [5.41, 5.74) is 6.52. The zero-order valence-corrected chi connectivity index (χ0v) is 13.1. The van der Waals surface area contributed by atoms with Gasteiger partial charge in [-0.05, 0) is 32.2 Å². The van der Waals surface area contributed by atoms with Crippen LogP contribution < -0.4 is 10.5 Å². The maximum Gasteiger partial charge on any atom is 0.244 e. The Balaban J connectivity index is 2.94. The SMILES string of the molecule is Cc1nn(C)c(C)c1S(=O)(=O)NCC(C)(C)CCN. The number of nitrogens with one attached hydrogen (secondary N) is 1. The number of nitrogens with two attached hydrogens (primary N) is 1. The fourth-order valence-electron chi connectivity index (χ4n) is 1.98. The molecular formula is C12H24N4O2S. The zero-order chi connectivity index (χ0) is 14.8. The maximum absolute atomic E-state index is 12.3. The van der Waals surface area contributed by atoms with E-state index in [0.29, 0.717) is 24.5 Å². The molecule has 0 aliphatic heterocycles. The summed E-state index contributed by atoms with van der Waals surface area (Å²) < 4.78 is 28.9. The van der Waals surface area contributed by atoms with Crippen LogP contribution in [-0.2, 0) is 17.1 Å². The first-order valence-corrected chi connectivity index (χ1v) is 7.79. The molecule has 0 aliphatic carbocycles. The molecule has 0 aliphatic rings. The number of aryl methyl sites for hydroxylation is 2. The van der Waals surface area contributed by atoms with Crippen molar-refractivity contribution in [3.05, 3.63) is 11.4 Å². The summed E-state index contributed by atoms with van der Waals surface area (Å²) in [7, 11) is -1.79. The Kier molecular flexibility index (Phi) is 4.76. The van der Waals surface area contributed by atoms with Gasteiger partial charge >= 0.3 is 0 Å². The van der Waals surface area contributed by atoms with Crippen molar-refractivity contribution in [1.82, 2.24) is 14.5 Å². The first-order valence-electron chi connectivity index (χ1n) is 6.30. The van der Waals surface area contributed by atoms with E-state index in [9.17, 15) is 8.42 Å². The second-order valence-electron chi connectivity index (χ2n) is 5.65. The summed E-state index contributed by atoms with van der Waals surface area (Å²) in [5, 5.41) is 4.14. The van der Waals surface area contributed by atoms with E-state index in [1.165, 1.54) is 0 Å². The molecule has 1 heterocycles. The number of hydrogen-bond acceptors (Lipinski definition) is 4. The van der Waals surface area contributed by atoms with Gasteiger partial charge in [0.15, 0.2) is 0 Å². The third-order valence-electron chi connectivity index (χ3n) is 3.27. The highest BCUT2D eigenvalue weighted by Crippen LogP contribution is 2.22. The Hall–Kier alpha value is -0.920. The van der Waals surface area contributed by atoms with Gasteiger partial charge in [-0.1, -0.05) is 13.8 Å². The van der Waals surface area contributed by atoms with Crippen LogP contribution in [-0.4, -0.2) is 31.3 Å². The van der Waals surface area contributed by atoms with E-state index in [0.717, 1.165) is 6.42 Å². The summed E-state index contributed by atoms with van der Waals surface area (Å²) in [5.74, 6) is 0. The molecule has 3 N–H and O–H groups in total. The zero-order valence-electron chi connectivity index (χ0n) is 12.3. The van der Waals surface area contributed by atoms with Crippen LogP contribution >= 0.6 is 0 Å². The Morgan fingerprint density at radius 1 is 1.37 bits per heavy atom. The van der Waals surface area contributed by atoms with Gasteiger partial charge in [0.1, 0.15) is 4.90 Å². The predicted molar refractivity (Wildman–Crippen MR) is 75.3 cm³/mol. The molecule has 19 heavy (non-hydrogen) atoms. The van der Waals surface area contributed by atoms with Gasteiger partial charge in [0.25, 0.3) is 0 Å². The lowest BCUT2D eigenvalue weighted by Crippen LogP contribution is -2.35. The van der Waals surface area contributed by atoms with Gasteiger partial charge in [0.2, 0.25) is 10.0 Å². The van der Waals surface area contributed by atoms with Crippen LogP contribution in [0.1, 0.15) is 31.7 Å². The third kappa shape index (κ3) is 3.77. The van der Waals surface area contributed by atoms with E-state index in [1.807, 2.05) is 13.8 Å². The standard InChI is InChI=1S/C12H24N4O2S/c1-9-11(10(2)16(5)15-9)19(17,18)14-8-12(3,4)6-7-13/h14H,6-8,13H2,1-5H3. The highest BCUT2D eigenvalue weighted by molar-refractivity contribution is 7.89. The minimum atomic E-state index is -3.53. The van der Waals surface area contributed by atoms with E-state index in [-0.39, 0.29) is 10.3 Å². The van der Waals surface area contributed by atoms with Crippen molar-refractivity contribution in [2.24, 2.45) is 18.2 Å². The van der Waals surface area contributed by atoms with Gasteiger partial charge in [0.05, 0.1) is 11.4 Å². The first kappa shape index (κ1) is 16.1. The van der Waals surface area contributed by atoms with E-state index in [2.05, 4.69) is 9.82 Å². The van der Waals surface area contributed by atoms with Crippen molar-refractivity contribution in [3.8, 4) is 0 Å². The van der Waals surface area contributed by atoms with Crippen LogP contribution in [0, 0.1) is 19.3 Å². The summed E-state index contributed by atoms with van der Waals surface area (Å²) in [6, 6.07) is 0. The summed E-state index contributed by atoms with van der Waals surface area (Å²) in [4.78, 5) is 0.276. The lowest BCUT2D eigenvalue weighted by Gasteiger charge is -2.24. The average Bonchev–Trinajstić information content (AvgIpc) is 2.51. The van der Waals surface area contributed by atoms with E-state index in [4.69, 9.17) is 5.73 Å². The second-order valence-corrected chi connectivity index (χ2v) is 7.35. The topological polar surface area (TPSA) is 90.0 Å². The van der Waals surface area contributed by atoms with Crippen molar-refractivity contribution in [2.45, 2.75) is 39.0 Å². The number of hydrogen-bond donors (Lipinski definition) is 2. The lowest BCUT2D eigenvalue weighted by molar-refractivity contribution is 0.340. The molecule has 0 fully saturated rings. The van der Waals surface area contributed by atoms with Crippen molar-refractivity contribution >= 4 is 10.0 Å². The van der Waals surface area contributed by atoms with Gasteiger partial charge in [-0.25, -0.2) is 13.1 Å². The average molecular weight is 288 g/mol. The van der Waals surface area contributed by atoms with Crippen LogP contribution in [0.15, 0.2) is 4.90 Å². The van der Waals surface area contributed by atoms with Crippen molar-refractivity contribution in [3.63, 3.8) is 0 Å². The van der Waals surface area contributed by atoms with Crippen LogP contribution in [0.4, 0.5) is 0 Å². The summed E-state index contributed by atoms with van der Waals surface area (Å²) in [6.45, 7) is 8.34. The molecule has 0 saturated heterocycles. The molecule has 6 nitrogen and oxygen atoms in total. The second kappa shape index (κ2) is 5.60. The maximum atomic E-state index is 12.3. The van der Waals surface area contributed by atoms with Crippen LogP contribution in [0.5, 0.6) is 0 Å². The summed E-state index contributed by atoms with van der Waals surface area (Å²) in [6.07, 6.45) is 0.764. The molecule has 1 rings (SSSR count). The molecule has 7 heteroatoms. The number of rotatable bonds is 6. The number of sulfonamides is 1. The molecule has 110 valence electrons. The minimum absolute atomic E-state index is 0.161. The quantitative estimate of drug-likeness (QED) is 0.806. The number of nitrogens with zero attached hydrogens (tertiary/aromatic N) is 2. The molecular weight excluding hydrogens is 264 g/mol. The van der Waals surface area contributed by atoms with Crippen LogP contribution in [0.25, 0.3) is 0 Å². The molecule has 0 aromatic carbocycles. The summed E-state index contributed by atoms with van der Waals surface area (Å²) >= 11 is 0. The molecule has 1 aromatic heterocycles. The molecule has 0 radical (unpaired) electrons. The fraction of sp³-hybridized carbons (Fsp3) is 0.750. The van der Waals surface area contributed by atoms with Gasteiger partial charge in [-0.2, -0.15) is 5.10 Å². The van der Waals surface area contributed by atoms with Gasteiger partial charge in [0, 0.05) is 13.6 Å². The number of aromatic nitrogens is 2. The van der Waals surface area contributed by atoms with Gasteiger partial charge in [-0.3, -0.25) is 4.68 Å². The monoisotopic (exact) mass is 288 g/mol. The fourth-order valence-corrected chi connectivity index (χ4v) is 3.66. The molecule has 1 aromatic rings. The Labute approximate surface area is 115 Å². The Morgan fingerprint density at radius 2 is 1.95 bits per heavy atom. The third-order valence-corrected chi connectivity index (χ3v) is 4.93. The van der Waals surface area contributed by atoms with E-state index in [1.54, 1.807) is 25.6 Å². The Morgan fingerprint density at radius 3 is 2.37 bits per heavy atom. The van der Waals surface area contributed by atoms with E-state index < -0.39 is 10.0 Å². The molecule has 0 bridgehead atoms. The van der Waals surface area contributed by atoms with E-state index >= 15 is 0 Å². The van der Waals surface area contributed by atoms with Crippen molar-refractivity contribution in [1.29, 1.82) is 0 Å². The molecule has 0 spiro atoms. The first-order chi connectivity index (χ1) is 8.60. The largest absolute Gasteiger partial charge is 0.330 e. The van der Waals surface area contributed by atoms with Crippen LogP contribution in [0.3, 0.4) is 0 Å². The molecule has 0 unspecified atom stereocenters. The van der Waals surface area contributed by atoms with Crippen molar-refractivity contribution < 1.29 is 8.42 Å². The highest BCUT2D eigenvalue weighted by atomic mass is 32.2. The normalized spacial score (nSPS) is 12.9. The lowest BCUT2D eigenvalue weighted by atomic mass is 9.90. The smallest absolute Gasteiger partial charge is 0.244 e. The molecule has 0 atom stereocenters. The Bertz CT molecular complexity index is 546. The van der Waals surface area contributed by atoms with Gasteiger partial charge in [-0.15, -0.1) is 0 Å².